The molecule has 5 nitrogen and oxygen atoms in total. The summed E-state index contributed by atoms with van der Waals surface area (Å²) in [5, 5.41) is 0.748. The average molecular weight is 362 g/mol. The Morgan fingerprint density at radius 2 is 2.00 bits per heavy atom. The van der Waals surface area contributed by atoms with E-state index >= 15 is 0 Å². The Hall–Kier alpha value is -2.66. The second kappa shape index (κ2) is 6.82. The summed E-state index contributed by atoms with van der Waals surface area (Å²) >= 11 is 0. The monoisotopic (exact) mass is 362 g/mol. The highest BCUT2D eigenvalue weighted by Gasteiger charge is 2.24. The molecular formula is C22H26N4O. The van der Waals surface area contributed by atoms with Gasteiger partial charge in [0, 0.05) is 55.1 Å². The van der Waals surface area contributed by atoms with Crippen LogP contribution in [0.25, 0.3) is 22.0 Å². The van der Waals surface area contributed by atoms with Crippen LogP contribution in [0.1, 0.15) is 12.0 Å². The van der Waals surface area contributed by atoms with Crippen molar-refractivity contribution in [3.63, 3.8) is 0 Å². The SMILES string of the molecule is Cc1ccc2c(=O)c(-c3ccc(N4CCC(N(C)C)C4)nc3)cn(C)c2c1. The summed E-state index contributed by atoms with van der Waals surface area (Å²) in [5.41, 5.74) is 3.73. The van der Waals surface area contributed by atoms with E-state index in [1.807, 2.05) is 55.2 Å². The van der Waals surface area contributed by atoms with Crippen molar-refractivity contribution in [2.75, 3.05) is 32.1 Å². The molecule has 27 heavy (non-hydrogen) atoms. The van der Waals surface area contributed by atoms with Gasteiger partial charge >= 0.3 is 0 Å². The van der Waals surface area contributed by atoms with E-state index in [4.69, 9.17) is 0 Å². The molecule has 0 radical (unpaired) electrons. The molecule has 3 heterocycles. The van der Waals surface area contributed by atoms with Gasteiger partial charge in [-0.1, -0.05) is 6.07 Å². The van der Waals surface area contributed by atoms with Crippen LogP contribution in [0, 0.1) is 6.92 Å². The summed E-state index contributed by atoms with van der Waals surface area (Å²) < 4.78 is 2.02. The summed E-state index contributed by atoms with van der Waals surface area (Å²) in [6.45, 7) is 4.06. The molecule has 1 aromatic carbocycles. The Morgan fingerprint density at radius 3 is 2.67 bits per heavy atom. The normalized spacial score (nSPS) is 17.2. The third kappa shape index (κ3) is 3.23. The molecule has 0 amide bonds. The Kier molecular flexibility index (Phi) is 4.48. The molecule has 1 aliphatic heterocycles. The van der Waals surface area contributed by atoms with Crippen molar-refractivity contribution in [2.24, 2.45) is 7.05 Å². The highest BCUT2D eigenvalue weighted by molar-refractivity contribution is 5.84. The van der Waals surface area contributed by atoms with E-state index in [2.05, 4.69) is 34.9 Å². The van der Waals surface area contributed by atoms with E-state index in [9.17, 15) is 4.79 Å². The van der Waals surface area contributed by atoms with E-state index in [-0.39, 0.29) is 5.43 Å². The molecule has 0 spiro atoms. The summed E-state index contributed by atoms with van der Waals surface area (Å²) in [4.78, 5) is 22.2. The third-order valence-electron chi connectivity index (χ3n) is 5.62. The van der Waals surface area contributed by atoms with Crippen LogP contribution in [-0.2, 0) is 7.05 Å². The van der Waals surface area contributed by atoms with Crippen molar-refractivity contribution in [3.05, 3.63) is 58.5 Å². The molecule has 1 saturated heterocycles. The van der Waals surface area contributed by atoms with Crippen molar-refractivity contribution in [1.29, 1.82) is 0 Å². The summed E-state index contributed by atoms with van der Waals surface area (Å²) in [7, 11) is 6.24. The van der Waals surface area contributed by atoms with Crippen LogP contribution < -0.4 is 10.3 Å². The maximum atomic E-state index is 13.0. The van der Waals surface area contributed by atoms with Gasteiger partial charge < -0.3 is 14.4 Å². The van der Waals surface area contributed by atoms with Crippen molar-refractivity contribution in [3.8, 4) is 11.1 Å². The van der Waals surface area contributed by atoms with Gasteiger partial charge in [0.1, 0.15) is 5.82 Å². The molecule has 3 aromatic rings. The minimum atomic E-state index is 0.0616. The number of nitrogens with zero attached hydrogens (tertiary/aromatic N) is 4. The molecule has 1 unspecified atom stereocenters. The zero-order valence-electron chi connectivity index (χ0n) is 16.4. The minimum Gasteiger partial charge on any atom is -0.355 e. The smallest absolute Gasteiger partial charge is 0.197 e. The lowest BCUT2D eigenvalue weighted by atomic mass is 10.0. The molecular weight excluding hydrogens is 336 g/mol. The Labute approximate surface area is 159 Å². The van der Waals surface area contributed by atoms with Crippen LogP contribution in [0.2, 0.25) is 0 Å². The lowest BCUT2D eigenvalue weighted by Gasteiger charge is -2.21. The van der Waals surface area contributed by atoms with Gasteiger partial charge in [-0.3, -0.25) is 4.79 Å². The van der Waals surface area contributed by atoms with Crippen LogP contribution >= 0.6 is 0 Å². The van der Waals surface area contributed by atoms with Crippen LogP contribution in [0.5, 0.6) is 0 Å². The molecule has 5 heteroatoms. The number of hydrogen-bond donors (Lipinski definition) is 0. The summed E-state index contributed by atoms with van der Waals surface area (Å²) in [6.07, 6.45) is 4.90. The molecule has 1 aliphatic rings. The highest BCUT2D eigenvalue weighted by atomic mass is 16.1. The lowest BCUT2D eigenvalue weighted by Crippen LogP contribution is -2.31. The Balaban J connectivity index is 1.68. The maximum Gasteiger partial charge on any atom is 0.197 e. The van der Waals surface area contributed by atoms with Crippen LogP contribution in [0.4, 0.5) is 5.82 Å². The van der Waals surface area contributed by atoms with Crippen molar-refractivity contribution in [1.82, 2.24) is 14.5 Å². The second-order valence-electron chi connectivity index (χ2n) is 7.76. The van der Waals surface area contributed by atoms with Crippen LogP contribution in [0.15, 0.2) is 47.5 Å². The number of benzene rings is 1. The number of anilines is 1. The van der Waals surface area contributed by atoms with Crippen molar-refractivity contribution >= 4 is 16.7 Å². The van der Waals surface area contributed by atoms with E-state index in [0.717, 1.165) is 47.4 Å². The number of hydrogen-bond acceptors (Lipinski definition) is 4. The molecule has 1 atom stereocenters. The predicted octanol–water partition coefficient (Wildman–Crippen LogP) is 3.05. The molecule has 0 bridgehead atoms. The second-order valence-corrected chi connectivity index (χ2v) is 7.76. The van der Waals surface area contributed by atoms with Gasteiger partial charge in [0.15, 0.2) is 5.43 Å². The van der Waals surface area contributed by atoms with Gasteiger partial charge in [-0.25, -0.2) is 4.98 Å². The third-order valence-corrected chi connectivity index (χ3v) is 5.62. The quantitative estimate of drug-likeness (QED) is 0.718. The molecule has 140 valence electrons. The average Bonchev–Trinajstić information content (AvgIpc) is 3.15. The number of rotatable bonds is 3. The van der Waals surface area contributed by atoms with Gasteiger partial charge in [0.05, 0.1) is 5.52 Å². The molecule has 0 aliphatic carbocycles. The van der Waals surface area contributed by atoms with E-state index in [1.165, 1.54) is 0 Å². The molecule has 4 rings (SSSR count). The summed E-state index contributed by atoms with van der Waals surface area (Å²) in [5.74, 6) is 0.983. The maximum absolute atomic E-state index is 13.0. The zero-order chi connectivity index (χ0) is 19.1. The van der Waals surface area contributed by atoms with Gasteiger partial charge in [-0.2, -0.15) is 0 Å². The lowest BCUT2D eigenvalue weighted by molar-refractivity contribution is 0.315. The van der Waals surface area contributed by atoms with Gasteiger partial charge in [-0.15, -0.1) is 0 Å². The van der Waals surface area contributed by atoms with E-state index < -0.39 is 0 Å². The zero-order valence-corrected chi connectivity index (χ0v) is 16.4. The number of pyridine rings is 2. The van der Waals surface area contributed by atoms with Crippen molar-refractivity contribution in [2.45, 2.75) is 19.4 Å². The van der Waals surface area contributed by atoms with E-state index in [1.54, 1.807) is 0 Å². The fourth-order valence-corrected chi connectivity index (χ4v) is 3.90. The predicted molar refractivity (Wildman–Crippen MR) is 111 cm³/mol. The minimum absolute atomic E-state index is 0.0616. The van der Waals surface area contributed by atoms with Gasteiger partial charge in [0.2, 0.25) is 0 Å². The Morgan fingerprint density at radius 1 is 1.19 bits per heavy atom. The molecule has 0 saturated carbocycles. The fraction of sp³-hybridized carbons (Fsp3) is 0.364. The summed E-state index contributed by atoms with van der Waals surface area (Å²) in [6, 6.07) is 10.6. The first-order valence-electron chi connectivity index (χ1n) is 9.42. The first-order valence-corrected chi connectivity index (χ1v) is 9.42. The Bertz CT molecular complexity index is 1040. The van der Waals surface area contributed by atoms with E-state index in [0.29, 0.717) is 11.6 Å². The largest absolute Gasteiger partial charge is 0.355 e. The topological polar surface area (TPSA) is 41.4 Å². The fourth-order valence-electron chi connectivity index (χ4n) is 3.90. The first kappa shape index (κ1) is 17.7. The van der Waals surface area contributed by atoms with Crippen LogP contribution in [0.3, 0.4) is 0 Å². The van der Waals surface area contributed by atoms with Gasteiger partial charge in [-0.05, 0) is 57.3 Å². The standard InChI is InChI=1S/C22H26N4O/c1-15-5-7-18-20(11-15)25(4)14-19(22(18)27)16-6-8-21(23-12-16)26-10-9-17(13-26)24(2)3/h5-8,11-12,14,17H,9-10,13H2,1-4H3. The molecule has 0 N–H and O–H groups in total. The first-order chi connectivity index (χ1) is 12.9. The number of fused-ring (bicyclic) bond motifs is 1. The number of aromatic nitrogens is 2. The molecule has 1 fully saturated rings. The van der Waals surface area contributed by atoms with Crippen molar-refractivity contribution < 1.29 is 0 Å². The van der Waals surface area contributed by atoms with Crippen LogP contribution in [-0.4, -0.2) is 47.7 Å². The van der Waals surface area contributed by atoms with Gasteiger partial charge in [0.25, 0.3) is 0 Å². The number of aryl methyl sites for hydroxylation is 2. The highest BCUT2D eigenvalue weighted by Crippen LogP contribution is 2.24. The number of likely N-dealkylation sites (N-methyl/N-ethyl adjacent to an activating group) is 1. The molecule has 2 aromatic heterocycles.